The Morgan fingerprint density at radius 2 is 1.96 bits per heavy atom. The largest absolute Gasteiger partial charge is 0.389 e. The molecule has 1 aliphatic heterocycles. The Balaban J connectivity index is 1.80. The summed E-state index contributed by atoms with van der Waals surface area (Å²) in [5, 5.41) is 5.60. The fourth-order valence-electron chi connectivity index (χ4n) is 4.00. The van der Waals surface area contributed by atoms with Crippen LogP contribution in [0.2, 0.25) is 0 Å². The first-order valence-corrected chi connectivity index (χ1v) is 9.10. The smallest absolute Gasteiger partial charge is 0.226 e. The second-order valence-electron chi connectivity index (χ2n) is 7.56. The summed E-state index contributed by atoms with van der Waals surface area (Å²) >= 11 is 0. The number of rotatable bonds is 4. The van der Waals surface area contributed by atoms with Crippen molar-refractivity contribution >= 4 is 46.3 Å². The van der Waals surface area contributed by atoms with E-state index in [-0.39, 0.29) is 0 Å². The normalized spacial score (nSPS) is 20.5. The van der Waals surface area contributed by atoms with Crippen molar-refractivity contribution in [3.8, 4) is 0 Å². The number of nitrogens with one attached hydrogen (secondary N) is 2. The molecular weight excluding hydrogens is 321 g/mol. The minimum Gasteiger partial charge on any atom is -0.389 e. The van der Waals surface area contributed by atoms with Crippen LogP contribution < -0.4 is 10.6 Å². The molecule has 128 valence electrons. The van der Waals surface area contributed by atoms with E-state index in [9.17, 15) is 0 Å². The number of hydrogen-bond acceptors (Lipinski definition) is 6. The first-order valence-electron chi connectivity index (χ1n) is 9.10. The molecule has 1 fully saturated rings. The van der Waals surface area contributed by atoms with Crippen LogP contribution in [-0.2, 0) is 12.8 Å². The number of aromatic nitrogens is 3. The zero-order valence-electron chi connectivity index (χ0n) is 15.3. The van der Waals surface area contributed by atoms with Gasteiger partial charge in [0.05, 0.1) is 28.9 Å². The quantitative estimate of drug-likeness (QED) is 0.788. The van der Waals surface area contributed by atoms with E-state index in [4.69, 9.17) is 28.5 Å². The van der Waals surface area contributed by atoms with E-state index < -0.39 is 5.24 Å². The molecule has 2 aromatic rings. The SMILES string of the molecule is [B]C([B])([B])Nc1nc(NC2CCN(C)C2)nc2nc3c(c(C)c12)CCC3. The van der Waals surface area contributed by atoms with Gasteiger partial charge in [-0.15, -0.1) is 0 Å². The lowest BCUT2D eigenvalue weighted by atomic mass is 9.49. The van der Waals surface area contributed by atoms with Gasteiger partial charge >= 0.3 is 0 Å². The molecule has 0 amide bonds. The van der Waals surface area contributed by atoms with Gasteiger partial charge in [0.25, 0.3) is 0 Å². The first-order chi connectivity index (χ1) is 12.3. The fraction of sp³-hybridized carbons (Fsp3) is 0.588. The second-order valence-corrected chi connectivity index (χ2v) is 7.56. The van der Waals surface area contributed by atoms with Crippen LogP contribution in [0.5, 0.6) is 0 Å². The van der Waals surface area contributed by atoms with Gasteiger partial charge in [-0.25, -0.2) is 4.98 Å². The number of likely N-dealkylation sites (tertiary alicyclic amines) is 1. The summed E-state index contributed by atoms with van der Waals surface area (Å²) in [6, 6.07) is 0.305. The van der Waals surface area contributed by atoms with Gasteiger partial charge in [0.1, 0.15) is 5.82 Å². The summed E-state index contributed by atoms with van der Waals surface area (Å²) in [5.41, 5.74) is 4.19. The number of likely N-dealkylation sites (N-methyl/N-ethyl adjacent to an activating group) is 1. The Morgan fingerprint density at radius 1 is 1.15 bits per heavy atom. The zero-order chi connectivity index (χ0) is 18.5. The van der Waals surface area contributed by atoms with Gasteiger partial charge in [-0.2, -0.15) is 9.97 Å². The topological polar surface area (TPSA) is 66.0 Å². The lowest BCUT2D eigenvalue weighted by Crippen LogP contribution is -2.40. The standard InChI is InChI=1S/C17H21B3N6/c1-9-11-4-3-5-12(11)22-14-13(9)15(25-17(18,19)20)24-16(23-14)21-10-6-7-26(2)8-10/h10H,3-8H2,1-2H3,(H2,21,22,23,24,25). The number of nitrogens with zero attached hydrogens (tertiary/aromatic N) is 4. The highest BCUT2D eigenvalue weighted by molar-refractivity contribution is 6.60. The molecule has 0 saturated carbocycles. The minimum absolute atomic E-state index is 0.305. The van der Waals surface area contributed by atoms with Crippen molar-refractivity contribution in [2.45, 2.75) is 43.9 Å². The molecule has 0 spiro atoms. The lowest BCUT2D eigenvalue weighted by Gasteiger charge is -2.25. The Hall–Kier alpha value is -1.76. The first kappa shape index (κ1) is 17.6. The van der Waals surface area contributed by atoms with Crippen LogP contribution in [0.15, 0.2) is 0 Å². The van der Waals surface area contributed by atoms with Crippen LogP contribution in [0.4, 0.5) is 11.8 Å². The maximum Gasteiger partial charge on any atom is 0.226 e. The van der Waals surface area contributed by atoms with Crippen LogP contribution in [0.3, 0.4) is 0 Å². The number of pyridine rings is 1. The summed E-state index contributed by atoms with van der Waals surface area (Å²) in [6.07, 6.45) is 4.18. The third kappa shape index (κ3) is 3.41. The monoisotopic (exact) mass is 342 g/mol. The number of anilines is 2. The highest BCUT2D eigenvalue weighted by atomic mass is 15.2. The van der Waals surface area contributed by atoms with Crippen molar-refractivity contribution in [1.82, 2.24) is 19.9 Å². The summed E-state index contributed by atoms with van der Waals surface area (Å²) < 4.78 is 0. The molecule has 1 aliphatic carbocycles. The molecular formula is C17H21B3N6. The second kappa shape index (κ2) is 6.45. The van der Waals surface area contributed by atoms with Crippen LogP contribution >= 0.6 is 0 Å². The van der Waals surface area contributed by atoms with E-state index >= 15 is 0 Å². The van der Waals surface area contributed by atoms with Gasteiger partial charge in [0, 0.05) is 18.3 Å². The molecule has 2 aliphatic rings. The predicted molar refractivity (Wildman–Crippen MR) is 107 cm³/mol. The van der Waals surface area contributed by atoms with Gasteiger partial charge in [-0.3, -0.25) is 0 Å². The Morgan fingerprint density at radius 3 is 2.65 bits per heavy atom. The van der Waals surface area contributed by atoms with Gasteiger partial charge in [-0.1, -0.05) is 5.24 Å². The van der Waals surface area contributed by atoms with E-state index in [1.807, 2.05) is 0 Å². The number of aryl methyl sites for hydroxylation is 2. The molecule has 3 heterocycles. The molecule has 26 heavy (non-hydrogen) atoms. The van der Waals surface area contributed by atoms with Crippen molar-refractivity contribution in [3.63, 3.8) is 0 Å². The lowest BCUT2D eigenvalue weighted by molar-refractivity contribution is 0.414. The van der Waals surface area contributed by atoms with E-state index in [1.54, 1.807) is 0 Å². The fourth-order valence-corrected chi connectivity index (χ4v) is 4.00. The molecule has 6 nitrogen and oxygen atoms in total. The summed E-state index contributed by atoms with van der Waals surface area (Å²) in [5.74, 6) is 1.05. The van der Waals surface area contributed by atoms with Crippen LogP contribution in [-0.4, -0.2) is 74.8 Å². The van der Waals surface area contributed by atoms with E-state index in [2.05, 4.69) is 39.5 Å². The van der Waals surface area contributed by atoms with E-state index in [1.165, 1.54) is 5.56 Å². The zero-order valence-corrected chi connectivity index (χ0v) is 15.3. The molecule has 0 bridgehead atoms. The van der Waals surface area contributed by atoms with Crippen molar-refractivity contribution in [1.29, 1.82) is 0 Å². The van der Waals surface area contributed by atoms with Gasteiger partial charge in [0.15, 0.2) is 5.65 Å². The molecule has 0 aromatic carbocycles. The molecule has 4 rings (SSSR count). The predicted octanol–water partition coefficient (Wildman–Crippen LogP) is 0.467. The summed E-state index contributed by atoms with van der Waals surface area (Å²) in [4.78, 5) is 16.4. The maximum atomic E-state index is 5.79. The van der Waals surface area contributed by atoms with Crippen molar-refractivity contribution < 1.29 is 0 Å². The molecule has 2 aromatic heterocycles. The van der Waals surface area contributed by atoms with E-state index in [0.29, 0.717) is 23.5 Å². The Labute approximate surface area is 158 Å². The molecule has 1 atom stereocenters. The molecule has 1 unspecified atom stereocenters. The molecule has 9 heteroatoms. The number of fused-ring (bicyclic) bond motifs is 2. The van der Waals surface area contributed by atoms with E-state index in [0.717, 1.165) is 55.4 Å². The Kier molecular flexibility index (Phi) is 4.37. The molecule has 1 saturated heterocycles. The third-order valence-electron chi connectivity index (χ3n) is 5.21. The third-order valence-corrected chi connectivity index (χ3v) is 5.21. The molecule has 2 N–H and O–H groups in total. The van der Waals surface area contributed by atoms with Crippen LogP contribution in [0.25, 0.3) is 11.0 Å². The highest BCUT2D eigenvalue weighted by Gasteiger charge is 2.24. The van der Waals surface area contributed by atoms with Crippen molar-refractivity contribution in [3.05, 3.63) is 16.8 Å². The van der Waals surface area contributed by atoms with Crippen molar-refractivity contribution in [2.24, 2.45) is 0 Å². The summed E-state index contributed by atoms with van der Waals surface area (Å²) in [7, 11) is 19.5. The van der Waals surface area contributed by atoms with Gasteiger partial charge < -0.3 is 15.5 Å². The minimum atomic E-state index is -1.57. The maximum absolute atomic E-state index is 5.79. The summed E-state index contributed by atoms with van der Waals surface area (Å²) in [6.45, 7) is 4.08. The number of hydrogen-bond donors (Lipinski definition) is 2. The molecule has 6 radical (unpaired) electrons. The van der Waals surface area contributed by atoms with Crippen molar-refractivity contribution in [2.75, 3.05) is 30.8 Å². The van der Waals surface area contributed by atoms with Gasteiger partial charge in [-0.05, 0) is 57.3 Å². The average Bonchev–Trinajstić information content (AvgIpc) is 3.14. The highest BCUT2D eigenvalue weighted by Crippen LogP contribution is 2.33. The van der Waals surface area contributed by atoms with Crippen LogP contribution in [0.1, 0.15) is 29.7 Å². The van der Waals surface area contributed by atoms with Crippen LogP contribution in [0, 0.1) is 6.92 Å². The van der Waals surface area contributed by atoms with Gasteiger partial charge in [0.2, 0.25) is 5.95 Å². The Bertz CT molecular complexity index is 851. The average molecular weight is 342 g/mol.